The summed E-state index contributed by atoms with van der Waals surface area (Å²) >= 11 is 7.64. The van der Waals surface area contributed by atoms with Gasteiger partial charge in [0, 0.05) is 17.5 Å². The van der Waals surface area contributed by atoms with E-state index >= 15 is 0 Å². The Morgan fingerprint density at radius 2 is 2.18 bits per heavy atom. The number of rotatable bonds is 5. The predicted octanol–water partition coefficient (Wildman–Crippen LogP) is 3.02. The molecule has 1 aliphatic heterocycles. The van der Waals surface area contributed by atoms with Gasteiger partial charge in [-0.25, -0.2) is 0 Å². The van der Waals surface area contributed by atoms with Gasteiger partial charge in [-0.2, -0.15) is 0 Å². The summed E-state index contributed by atoms with van der Waals surface area (Å²) in [6, 6.07) is 4.89. The summed E-state index contributed by atoms with van der Waals surface area (Å²) in [7, 11) is 0. The summed E-state index contributed by atoms with van der Waals surface area (Å²) in [6.07, 6.45) is 3.72. The predicted molar refractivity (Wildman–Crippen MR) is 76.2 cm³/mol. The minimum absolute atomic E-state index is 0.743. The van der Waals surface area contributed by atoms with Gasteiger partial charge in [0.25, 0.3) is 0 Å². The van der Waals surface area contributed by atoms with Gasteiger partial charge in [0.15, 0.2) is 0 Å². The minimum Gasteiger partial charge on any atom is -0.314 e. The quantitative estimate of drug-likeness (QED) is 0.886. The summed E-state index contributed by atoms with van der Waals surface area (Å²) < 4.78 is 0.908. The molecule has 2 nitrogen and oxygen atoms in total. The zero-order chi connectivity index (χ0) is 12.1. The van der Waals surface area contributed by atoms with Crippen LogP contribution in [0.4, 0.5) is 0 Å². The monoisotopic (exact) mass is 272 g/mol. The number of hydrogen-bond donors (Lipinski definition) is 1. The summed E-state index contributed by atoms with van der Waals surface area (Å²) in [5, 5.41) is 3.54. The van der Waals surface area contributed by atoms with E-state index in [1.165, 1.54) is 37.4 Å². The molecule has 0 amide bonds. The molecule has 1 aliphatic rings. The fourth-order valence-electron chi connectivity index (χ4n) is 2.40. The molecule has 0 radical (unpaired) electrons. The van der Waals surface area contributed by atoms with Crippen LogP contribution in [0.25, 0.3) is 0 Å². The number of hydrogen-bond acceptors (Lipinski definition) is 3. The van der Waals surface area contributed by atoms with Crippen LogP contribution in [0, 0.1) is 0 Å². The molecule has 4 heteroatoms. The fraction of sp³-hybridized carbons (Fsp3) is 0.692. The van der Waals surface area contributed by atoms with E-state index in [0.29, 0.717) is 0 Å². The highest BCUT2D eigenvalue weighted by molar-refractivity contribution is 7.16. The smallest absolute Gasteiger partial charge is 0.0931 e. The summed E-state index contributed by atoms with van der Waals surface area (Å²) in [4.78, 5) is 3.98. The number of likely N-dealkylation sites (tertiary alicyclic amines) is 1. The lowest BCUT2D eigenvalue weighted by molar-refractivity contribution is 0.201. The van der Waals surface area contributed by atoms with Gasteiger partial charge in [-0.05, 0) is 51.0 Å². The molecule has 2 heterocycles. The van der Waals surface area contributed by atoms with Crippen LogP contribution < -0.4 is 5.32 Å². The third-order valence-electron chi connectivity index (χ3n) is 3.38. The first kappa shape index (κ1) is 13.3. The van der Waals surface area contributed by atoms with Gasteiger partial charge in [0.05, 0.1) is 4.34 Å². The molecule has 1 N–H and O–H groups in total. The average Bonchev–Trinajstić information content (AvgIpc) is 2.75. The van der Waals surface area contributed by atoms with Crippen molar-refractivity contribution in [2.45, 2.75) is 32.2 Å². The first-order valence-electron chi connectivity index (χ1n) is 6.48. The fourth-order valence-corrected chi connectivity index (χ4v) is 3.48. The lowest BCUT2D eigenvalue weighted by Crippen LogP contribution is -2.42. The van der Waals surface area contributed by atoms with Crippen molar-refractivity contribution < 1.29 is 0 Å². The van der Waals surface area contributed by atoms with Gasteiger partial charge in [0.2, 0.25) is 0 Å². The van der Waals surface area contributed by atoms with Crippen LogP contribution in [0.1, 0.15) is 24.6 Å². The Morgan fingerprint density at radius 3 is 2.76 bits per heavy atom. The van der Waals surface area contributed by atoms with Gasteiger partial charge in [-0.3, -0.25) is 0 Å². The van der Waals surface area contributed by atoms with Crippen LogP contribution >= 0.6 is 22.9 Å². The largest absolute Gasteiger partial charge is 0.314 e. The maximum atomic E-state index is 5.93. The molecule has 1 saturated heterocycles. The molecule has 1 fully saturated rings. The van der Waals surface area contributed by atoms with Crippen molar-refractivity contribution in [1.29, 1.82) is 0 Å². The van der Waals surface area contributed by atoms with Crippen molar-refractivity contribution in [1.82, 2.24) is 10.2 Å². The van der Waals surface area contributed by atoms with E-state index in [1.807, 2.05) is 6.07 Å². The Balaban J connectivity index is 1.68. The van der Waals surface area contributed by atoms with Crippen LogP contribution in [0.2, 0.25) is 4.34 Å². The molecule has 1 aromatic heterocycles. The molecule has 2 rings (SSSR count). The molecule has 0 saturated carbocycles. The van der Waals surface area contributed by atoms with Crippen molar-refractivity contribution >= 4 is 22.9 Å². The second-order valence-electron chi connectivity index (χ2n) is 4.63. The van der Waals surface area contributed by atoms with E-state index in [-0.39, 0.29) is 0 Å². The Hall–Kier alpha value is -0.0900. The van der Waals surface area contributed by atoms with Crippen LogP contribution in [0.5, 0.6) is 0 Å². The van der Waals surface area contributed by atoms with E-state index in [1.54, 1.807) is 11.3 Å². The third kappa shape index (κ3) is 4.25. The minimum atomic E-state index is 0.743. The SMILES string of the molecule is CCNC1CCN(CCc2ccc(Cl)s2)CC1. The van der Waals surface area contributed by atoms with Crippen LogP contribution in [-0.2, 0) is 6.42 Å². The summed E-state index contributed by atoms with van der Waals surface area (Å²) in [5.41, 5.74) is 0. The topological polar surface area (TPSA) is 15.3 Å². The van der Waals surface area contributed by atoms with Gasteiger partial charge in [-0.1, -0.05) is 18.5 Å². The zero-order valence-electron chi connectivity index (χ0n) is 10.4. The van der Waals surface area contributed by atoms with Gasteiger partial charge >= 0.3 is 0 Å². The van der Waals surface area contributed by atoms with E-state index in [9.17, 15) is 0 Å². The first-order valence-corrected chi connectivity index (χ1v) is 7.67. The molecule has 17 heavy (non-hydrogen) atoms. The van der Waals surface area contributed by atoms with Gasteiger partial charge in [-0.15, -0.1) is 11.3 Å². The second-order valence-corrected chi connectivity index (χ2v) is 6.43. The standard InChI is InChI=1S/C13H21ClN2S/c1-2-15-11-5-8-16(9-6-11)10-7-12-3-4-13(14)17-12/h3-4,11,15H,2,5-10H2,1H3. The number of nitrogens with one attached hydrogen (secondary N) is 1. The van der Waals surface area contributed by atoms with Crippen LogP contribution in [-0.4, -0.2) is 37.1 Å². The summed E-state index contributed by atoms with van der Waals surface area (Å²) in [6.45, 7) is 6.93. The number of halogens is 1. The van der Waals surface area contributed by atoms with Crippen molar-refractivity contribution in [3.8, 4) is 0 Å². The maximum absolute atomic E-state index is 5.93. The highest BCUT2D eigenvalue weighted by atomic mass is 35.5. The Bertz CT molecular complexity index is 332. The molecule has 0 spiro atoms. The van der Waals surface area contributed by atoms with E-state index < -0.39 is 0 Å². The Kier molecular flexibility index (Phi) is 5.29. The average molecular weight is 273 g/mol. The maximum Gasteiger partial charge on any atom is 0.0931 e. The Labute approximate surface area is 113 Å². The first-order chi connectivity index (χ1) is 8.28. The molecule has 0 unspecified atom stereocenters. The molecule has 0 aromatic carbocycles. The van der Waals surface area contributed by atoms with E-state index in [0.717, 1.165) is 23.3 Å². The van der Waals surface area contributed by atoms with E-state index in [4.69, 9.17) is 11.6 Å². The van der Waals surface area contributed by atoms with Gasteiger partial charge < -0.3 is 10.2 Å². The molecular weight excluding hydrogens is 252 g/mol. The molecule has 0 aliphatic carbocycles. The second kappa shape index (κ2) is 6.74. The van der Waals surface area contributed by atoms with Crippen molar-refractivity contribution in [3.05, 3.63) is 21.3 Å². The van der Waals surface area contributed by atoms with Crippen molar-refractivity contribution in [2.75, 3.05) is 26.2 Å². The lowest BCUT2D eigenvalue weighted by Gasteiger charge is -2.32. The van der Waals surface area contributed by atoms with Gasteiger partial charge in [0.1, 0.15) is 0 Å². The molecular formula is C13H21ClN2S. The highest BCUT2D eigenvalue weighted by Gasteiger charge is 2.17. The van der Waals surface area contributed by atoms with Crippen molar-refractivity contribution in [3.63, 3.8) is 0 Å². The number of nitrogens with zero attached hydrogens (tertiary/aromatic N) is 1. The van der Waals surface area contributed by atoms with Crippen molar-refractivity contribution in [2.24, 2.45) is 0 Å². The van der Waals surface area contributed by atoms with Crippen LogP contribution in [0.3, 0.4) is 0 Å². The summed E-state index contributed by atoms with van der Waals surface area (Å²) in [5.74, 6) is 0. The molecule has 1 aromatic rings. The number of piperidine rings is 1. The van der Waals surface area contributed by atoms with Crippen LogP contribution in [0.15, 0.2) is 12.1 Å². The molecule has 0 atom stereocenters. The van der Waals surface area contributed by atoms with E-state index in [2.05, 4.69) is 23.2 Å². The lowest BCUT2D eigenvalue weighted by atomic mass is 10.0. The highest BCUT2D eigenvalue weighted by Crippen LogP contribution is 2.22. The number of thiophene rings is 1. The Morgan fingerprint density at radius 1 is 1.41 bits per heavy atom. The molecule has 0 bridgehead atoms. The molecule has 96 valence electrons. The third-order valence-corrected chi connectivity index (χ3v) is 4.67. The normalized spacial score (nSPS) is 18.7. The zero-order valence-corrected chi connectivity index (χ0v) is 12.0.